The average molecular weight is 286 g/mol. The first-order valence-electron chi connectivity index (χ1n) is 5.45. The number of carbonyl (C=O) groups excluding carboxylic acids is 1. The van der Waals surface area contributed by atoms with Crippen molar-refractivity contribution < 1.29 is 13.2 Å². The molecule has 104 valence electrons. The molecule has 0 spiro atoms. The minimum absolute atomic E-state index is 0.0438. The van der Waals surface area contributed by atoms with E-state index in [0.717, 1.165) is 0 Å². The van der Waals surface area contributed by atoms with Gasteiger partial charge in [0.05, 0.1) is 5.75 Å². The molecule has 1 atom stereocenters. The second-order valence-corrected chi connectivity index (χ2v) is 6.07. The first kappa shape index (κ1) is 13.5. The van der Waals surface area contributed by atoms with E-state index in [4.69, 9.17) is 16.6 Å². The lowest BCUT2D eigenvalue weighted by Gasteiger charge is -2.15. The third-order valence-corrected chi connectivity index (χ3v) is 3.64. The van der Waals surface area contributed by atoms with Crippen LogP contribution in [0.3, 0.4) is 0 Å². The Hall–Kier alpha value is -1.94. The third kappa shape index (κ3) is 3.29. The van der Waals surface area contributed by atoms with Crippen LogP contribution < -0.4 is 21.5 Å². The summed E-state index contributed by atoms with van der Waals surface area (Å²) < 4.78 is 22.1. The van der Waals surface area contributed by atoms with Crippen LogP contribution in [0.15, 0.2) is 6.07 Å². The number of nitrogens with zero attached hydrogens (tertiary/aromatic N) is 3. The molecule has 0 aromatic carbocycles. The van der Waals surface area contributed by atoms with E-state index >= 15 is 0 Å². The minimum Gasteiger partial charge on any atom is -0.383 e. The van der Waals surface area contributed by atoms with Crippen LogP contribution in [-0.4, -0.2) is 36.6 Å². The van der Waals surface area contributed by atoms with Crippen LogP contribution in [0, 0.1) is 5.92 Å². The van der Waals surface area contributed by atoms with Gasteiger partial charge < -0.3 is 11.5 Å². The van der Waals surface area contributed by atoms with Crippen molar-refractivity contribution >= 4 is 33.5 Å². The number of nitrogen functional groups attached to an aromatic ring is 2. The molecule has 1 aliphatic heterocycles. The van der Waals surface area contributed by atoms with Crippen molar-refractivity contribution in [3.8, 4) is 0 Å². The van der Waals surface area contributed by atoms with E-state index in [2.05, 4.69) is 9.97 Å². The lowest BCUT2D eigenvalue weighted by molar-refractivity contribution is -0.117. The molecule has 9 nitrogen and oxygen atoms in total. The average Bonchev–Trinajstić information content (AvgIpc) is 2.54. The normalized spacial score (nSPS) is 19.9. The molecule has 1 aliphatic rings. The first-order valence-corrected chi connectivity index (χ1v) is 7.17. The van der Waals surface area contributed by atoms with E-state index in [1.165, 1.54) is 11.0 Å². The number of nitrogens with two attached hydrogens (primary N) is 3. The van der Waals surface area contributed by atoms with Crippen LogP contribution in [0.2, 0.25) is 0 Å². The van der Waals surface area contributed by atoms with Gasteiger partial charge in [0.2, 0.25) is 21.9 Å². The lowest BCUT2D eigenvalue weighted by Crippen LogP contribution is -2.28. The Morgan fingerprint density at radius 2 is 2.05 bits per heavy atom. The zero-order chi connectivity index (χ0) is 14.2. The van der Waals surface area contributed by atoms with Crippen molar-refractivity contribution in [2.75, 3.05) is 28.7 Å². The van der Waals surface area contributed by atoms with Gasteiger partial charge in [0.25, 0.3) is 0 Å². The van der Waals surface area contributed by atoms with Crippen molar-refractivity contribution in [1.29, 1.82) is 0 Å². The van der Waals surface area contributed by atoms with Gasteiger partial charge in [-0.2, -0.15) is 9.97 Å². The summed E-state index contributed by atoms with van der Waals surface area (Å²) in [6, 6.07) is 1.41. The van der Waals surface area contributed by atoms with Gasteiger partial charge in [-0.05, 0) is 0 Å². The molecule has 6 N–H and O–H groups in total. The van der Waals surface area contributed by atoms with E-state index in [1.807, 2.05) is 0 Å². The van der Waals surface area contributed by atoms with Crippen molar-refractivity contribution in [3.05, 3.63) is 6.07 Å². The van der Waals surface area contributed by atoms with E-state index < -0.39 is 10.0 Å². The van der Waals surface area contributed by atoms with Gasteiger partial charge in [-0.25, -0.2) is 13.6 Å². The Morgan fingerprint density at radius 1 is 1.37 bits per heavy atom. The second kappa shape index (κ2) is 4.63. The first-order chi connectivity index (χ1) is 8.74. The summed E-state index contributed by atoms with van der Waals surface area (Å²) in [6.07, 6.45) is 0.0975. The molecule has 0 saturated carbocycles. The number of rotatable bonds is 3. The number of hydrogen-bond donors (Lipinski definition) is 3. The number of primary sulfonamides is 1. The molecule has 1 amide bonds. The molecule has 1 aromatic rings. The van der Waals surface area contributed by atoms with Gasteiger partial charge in [0, 0.05) is 24.9 Å². The molecule has 0 radical (unpaired) electrons. The van der Waals surface area contributed by atoms with Crippen molar-refractivity contribution in [1.82, 2.24) is 9.97 Å². The molecule has 10 heteroatoms. The van der Waals surface area contributed by atoms with E-state index in [-0.39, 0.29) is 48.1 Å². The fraction of sp³-hybridized carbons (Fsp3) is 0.444. The molecule has 0 bridgehead atoms. The topological polar surface area (TPSA) is 158 Å². The van der Waals surface area contributed by atoms with Crippen molar-refractivity contribution in [2.24, 2.45) is 11.1 Å². The number of sulfonamides is 1. The third-order valence-electron chi connectivity index (χ3n) is 2.70. The molecular weight excluding hydrogens is 272 g/mol. The summed E-state index contributed by atoms with van der Waals surface area (Å²) in [7, 11) is -3.61. The summed E-state index contributed by atoms with van der Waals surface area (Å²) in [5.41, 5.74) is 11.0. The molecule has 1 fully saturated rings. The summed E-state index contributed by atoms with van der Waals surface area (Å²) in [6.45, 7) is 0.213. The molecule has 2 heterocycles. The standard InChI is InChI=1S/C9H14N6O3S/c10-6-2-7(14-9(11)13-6)15-3-5(1-8(15)16)4-19(12,17)18/h2,5H,1,3-4H2,(H2,12,17,18)(H4,10,11,13,14). The van der Waals surface area contributed by atoms with Crippen molar-refractivity contribution in [2.45, 2.75) is 6.42 Å². The zero-order valence-electron chi connectivity index (χ0n) is 9.98. The number of amides is 1. The SMILES string of the molecule is Nc1cc(N2CC(CS(N)(=O)=O)CC2=O)nc(N)n1. The summed E-state index contributed by atoms with van der Waals surface area (Å²) in [5.74, 6) is -0.480. The highest BCUT2D eigenvalue weighted by Gasteiger charge is 2.33. The van der Waals surface area contributed by atoms with Crippen LogP contribution in [0.25, 0.3) is 0 Å². The smallest absolute Gasteiger partial charge is 0.228 e. The van der Waals surface area contributed by atoms with E-state index in [1.54, 1.807) is 0 Å². The molecule has 0 aliphatic carbocycles. The van der Waals surface area contributed by atoms with Gasteiger partial charge in [-0.1, -0.05) is 0 Å². The number of aromatic nitrogens is 2. The van der Waals surface area contributed by atoms with Gasteiger partial charge in [-0.3, -0.25) is 9.69 Å². The van der Waals surface area contributed by atoms with Crippen LogP contribution >= 0.6 is 0 Å². The molecule has 1 aromatic heterocycles. The van der Waals surface area contributed by atoms with Crippen LogP contribution in [0.4, 0.5) is 17.6 Å². The van der Waals surface area contributed by atoms with Crippen molar-refractivity contribution in [3.63, 3.8) is 0 Å². The maximum Gasteiger partial charge on any atom is 0.228 e. The second-order valence-electron chi connectivity index (χ2n) is 4.41. The maximum absolute atomic E-state index is 11.8. The van der Waals surface area contributed by atoms with Gasteiger partial charge in [0.1, 0.15) is 11.6 Å². The Morgan fingerprint density at radius 3 is 2.63 bits per heavy atom. The van der Waals surface area contributed by atoms with Crippen LogP contribution in [-0.2, 0) is 14.8 Å². The molecule has 2 rings (SSSR count). The summed E-state index contributed by atoms with van der Waals surface area (Å²) in [5, 5.41) is 4.97. The molecule has 19 heavy (non-hydrogen) atoms. The van der Waals surface area contributed by atoms with Crippen LogP contribution in [0.5, 0.6) is 0 Å². The maximum atomic E-state index is 11.8. The Labute approximate surface area is 109 Å². The predicted molar refractivity (Wildman–Crippen MR) is 69.3 cm³/mol. The Bertz CT molecular complexity index is 596. The Kier molecular flexibility index (Phi) is 3.28. The number of hydrogen-bond acceptors (Lipinski definition) is 7. The fourth-order valence-corrected chi connectivity index (χ4v) is 2.93. The highest BCUT2D eigenvalue weighted by molar-refractivity contribution is 7.89. The molecule has 1 unspecified atom stereocenters. The van der Waals surface area contributed by atoms with E-state index in [9.17, 15) is 13.2 Å². The fourth-order valence-electron chi connectivity index (χ4n) is 2.05. The van der Waals surface area contributed by atoms with Crippen LogP contribution in [0.1, 0.15) is 6.42 Å². The number of carbonyl (C=O) groups is 1. The predicted octanol–water partition coefficient (Wildman–Crippen LogP) is -1.72. The van der Waals surface area contributed by atoms with Gasteiger partial charge in [0.15, 0.2) is 0 Å². The monoisotopic (exact) mass is 286 g/mol. The quantitative estimate of drug-likeness (QED) is 0.596. The van der Waals surface area contributed by atoms with Gasteiger partial charge in [-0.15, -0.1) is 0 Å². The summed E-state index contributed by atoms with van der Waals surface area (Å²) in [4.78, 5) is 20.8. The molecular formula is C9H14N6O3S. The lowest BCUT2D eigenvalue weighted by atomic mass is 10.1. The zero-order valence-corrected chi connectivity index (χ0v) is 10.8. The summed E-state index contributed by atoms with van der Waals surface area (Å²) >= 11 is 0. The number of anilines is 3. The highest BCUT2D eigenvalue weighted by atomic mass is 32.2. The minimum atomic E-state index is -3.61. The van der Waals surface area contributed by atoms with E-state index in [0.29, 0.717) is 0 Å². The largest absolute Gasteiger partial charge is 0.383 e. The highest BCUT2D eigenvalue weighted by Crippen LogP contribution is 2.25. The molecule has 1 saturated heterocycles. The van der Waals surface area contributed by atoms with Gasteiger partial charge >= 0.3 is 0 Å². The Balaban J connectivity index is 2.20.